The number of likely N-dealkylation sites (tertiary alicyclic amines) is 1. The van der Waals surface area contributed by atoms with Crippen LogP contribution in [0.3, 0.4) is 0 Å². The molecule has 0 saturated carbocycles. The molecule has 5 nitrogen and oxygen atoms in total. The van der Waals surface area contributed by atoms with Gasteiger partial charge >= 0.3 is 0 Å². The third-order valence-corrected chi connectivity index (χ3v) is 4.29. The number of nitrogens with zero attached hydrogens (tertiary/aromatic N) is 1. The van der Waals surface area contributed by atoms with Crippen molar-refractivity contribution in [3.8, 4) is 0 Å². The molecule has 130 valence electrons. The van der Waals surface area contributed by atoms with E-state index in [9.17, 15) is 9.59 Å². The summed E-state index contributed by atoms with van der Waals surface area (Å²) in [6.45, 7) is 6.13. The fourth-order valence-electron chi connectivity index (χ4n) is 2.89. The highest BCUT2D eigenvalue weighted by molar-refractivity contribution is 5.94. The number of rotatable bonds is 7. The predicted octanol–water partition coefficient (Wildman–Crippen LogP) is 1.66. The van der Waals surface area contributed by atoms with Gasteiger partial charge in [-0.25, -0.2) is 0 Å². The van der Waals surface area contributed by atoms with Crippen LogP contribution < -0.4 is 10.6 Å². The zero-order valence-electron chi connectivity index (χ0n) is 14.3. The van der Waals surface area contributed by atoms with Crippen LogP contribution in [0.1, 0.15) is 25.3 Å². The Morgan fingerprint density at radius 2 is 2.04 bits per heavy atom. The summed E-state index contributed by atoms with van der Waals surface area (Å²) in [4.78, 5) is 26.0. The Morgan fingerprint density at radius 3 is 2.79 bits per heavy atom. The van der Waals surface area contributed by atoms with Crippen LogP contribution in [0.5, 0.6) is 0 Å². The Bertz CT molecular complexity index is 557. The fourth-order valence-corrected chi connectivity index (χ4v) is 2.89. The van der Waals surface area contributed by atoms with E-state index >= 15 is 0 Å². The fraction of sp³-hybridized carbons (Fsp3) is 0.474. The van der Waals surface area contributed by atoms with Gasteiger partial charge in [-0.3, -0.25) is 9.59 Å². The number of carbonyl (C=O) groups excluding carboxylic acids is 2. The molecule has 0 spiro atoms. The highest BCUT2D eigenvalue weighted by Crippen LogP contribution is 2.14. The highest BCUT2D eigenvalue weighted by atomic mass is 16.2. The molecular weight excluding hydrogens is 302 g/mol. The molecule has 1 aliphatic heterocycles. The van der Waals surface area contributed by atoms with Crippen molar-refractivity contribution in [1.29, 1.82) is 0 Å². The van der Waals surface area contributed by atoms with E-state index in [2.05, 4.69) is 22.5 Å². The molecule has 1 saturated heterocycles. The average Bonchev–Trinajstić information content (AvgIpc) is 2.64. The lowest BCUT2D eigenvalue weighted by Crippen LogP contribution is -2.43. The molecule has 1 fully saturated rings. The lowest BCUT2D eigenvalue weighted by atomic mass is 9.98. The van der Waals surface area contributed by atoms with Crippen molar-refractivity contribution in [3.05, 3.63) is 42.0 Å². The summed E-state index contributed by atoms with van der Waals surface area (Å²) in [6, 6.07) is 9.58. The van der Waals surface area contributed by atoms with Crippen molar-refractivity contribution in [2.75, 3.05) is 32.7 Å². The van der Waals surface area contributed by atoms with Gasteiger partial charge in [0.1, 0.15) is 0 Å². The lowest BCUT2D eigenvalue weighted by molar-refractivity contribution is -0.124. The molecule has 0 bridgehead atoms. The maximum absolute atomic E-state index is 11.9. The smallest absolute Gasteiger partial charge is 0.244 e. The number of amides is 2. The molecule has 0 unspecified atom stereocenters. The van der Waals surface area contributed by atoms with Gasteiger partial charge < -0.3 is 15.5 Å². The van der Waals surface area contributed by atoms with Crippen molar-refractivity contribution in [3.63, 3.8) is 0 Å². The van der Waals surface area contributed by atoms with E-state index in [-0.39, 0.29) is 18.4 Å². The number of hydrogen-bond acceptors (Lipinski definition) is 3. The first-order chi connectivity index (χ1) is 11.7. The van der Waals surface area contributed by atoms with Gasteiger partial charge in [-0.15, -0.1) is 0 Å². The van der Waals surface area contributed by atoms with E-state index in [4.69, 9.17) is 0 Å². The van der Waals surface area contributed by atoms with Crippen molar-refractivity contribution < 1.29 is 9.59 Å². The largest absolute Gasteiger partial charge is 0.354 e. The summed E-state index contributed by atoms with van der Waals surface area (Å²) in [7, 11) is 0. The van der Waals surface area contributed by atoms with Crippen molar-refractivity contribution in [2.45, 2.75) is 19.8 Å². The van der Waals surface area contributed by atoms with Crippen LogP contribution in [-0.4, -0.2) is 49.4 Å². The molecule has 1 aromatic carbocycles. The molecule has 2 amide bonds. The third-order valence-electron chi connectivity index (χ3n) is 4.29. The monoisotopic (exact) mass is 329 g/mol. The van der Waals surface area contributed by atoms with Gasteiger partial charge in [0.05, 0.1) is 6.54 Å². The molecule has 0 aliphatic carbocycles. The first-order valence-electron chi connectivity index (χ1n) is 8.67. The number of hydrogen-bond donors (Lipinski definition) is 2. The summed E-state index contributed by atoms with van der Waals surface area (Å²) in [5, 5.41) is 5.53. The minimum atomic E-state index is -0.260. The zero-order valence-corrected chi connectivity index (χ0v) is 14.3. The average molecular weight is 329 g/mol. The third kappa shape index (κ3) is 6.54. The Hall–Kier alpha value is -2.14. The van der Waals surface area contributed by atoms with Gasteiger partial charge in [0.2, 0.25) is 11.8 Å². The molecule has 24 heavy (non-hydrogen) atoms. The molecule has 1 aliphatic rings. The second kappa shape index (κ2) is 9.88. The van der Waals surface area contributed by atoms with Gasteiger partial charge in [0, 0.05) is 19.2 Å². The van der Waals surface area contributed by atoms with Gasteiger partial charge in [-0.2, -0.15) is 0 Å². The van der Waals surface area contributed by atoms with E-state index in [0.29, 0.717) is 12.5 Å². The van der Waals surface area contributed by atoms with Crippen LogP contribution in [0.2, 0.25) is 0 Å². The molecule has 1 atom stereocenters. The quantitative estimate of drug-likeness (QED) is 0.748. The van der Waals surface area contributed by atoms with Crippen molar-refractivity contribution >= 4 is 17.9 Å². The first-order valence-corrected chi connectivity index (χ1v) is 8.67. The maximum atomic E-state index is 11.9. The minimum Gasteiger partial charge on any atom is -0.354 e. The molecule has 2 N–H and O–H groups in total. The van der Waals surface area contributed by atoms with Gasteiger partial charge in [-0.1, -0.05) is 37.3 Å². The van der Waals surface area contributed by atoms with Crippen LogP contribution in [-0.2, 0) is 9.59 Å². The second-order valence-corrected chi connectivity index (χ2v) is 6.17. The summed E-state index contributed by atoms with van der Waals surface area (Å²) < 4.78 is 0. The molecule has 2 rings (SSSR count). The number of carbonyl (C=O) groups is 2. The number of piperidine rings is 1. The van der Waals surface area contributed by atoms with E-state index in [1.54, 1.807) is 6.08 Å². The standard InChI is InChI=1S/C19H27N3O2/c1-2-22-12-6-9-17(15-22)13-20-19(24)14-21-18(23)11-10-16-7-4-3-5-8-16/h3-5,7-8,10-11,17H,2,6,9,12-15H2,1H3,(H,20,24)(H,21,23)/b11-10-/t17-/m0/s1. The van der Waals surface area contributed by atoms with Crippen LogP contribution in [0.15, 0.2) is 36.4 Å². The Kier molecular flexibility index (Phi) is 7.49. The van der Waals surface area contributed by atoms with Crippen LogP contribution >= 0.6 is 0 Å². The predicted molar refractivity (Wildman–Crippen MR) is 96.3 cm³/mol. The van der Waals surface area contributed by atoms with Crippen molar-refractivity contribution in [2.24, 2.45) is 5.92 Å². The van der Waals surface area contributed by atoms with E-state index < -0.39 is 0 Å². The van der Waals surface area contributed by atoms with E-state index in [0.717, 1.165) is 31.6 Å². The topological polar surface area (TPSA) is 61.4 Å². The Labute approximate surface area is 144 Å². The maximum Gasteiger partial charge on any atom is 0.244 e. The zero-order chi connectivity index (χ0) is 17.2. The summed E-state index contributed by atoms with van der Waals surface area (Å²) in [6.07, 6.45) is 5.52. The van der Waals surface area contributed by atoms with Gasteiger partial charge in [-0.05, 0) is 43.5 Å². The highest BCUT2D eigenvalue weighted by Gasteiger charge is 2.19. The molecule has 0 aromatic heterocycles. The number of benzene rings is 1. The van der Waals surface area contributed by atoms with E-state index in [1.165, 1.54) is 12.5 Å². The van der Waals surface area contributed by atoms with Crippen LogP contribution in [0.25, 0.3) is 6.08 Å². The molecule has 5 heteroatoms. The molecule has 0 radical (unpaired) electrons. The van der Waals surface area contributed by atoms with Crippen molar-refractivity contribution in [1.82, 2.24) is 15.5 Å². The SMILES string of the molecule is CCN1CCC[C@@H](CNC(=O)CNC(=O)/C=C\c2ccccc2)C1. The Morgan fingerprint density at radius 1 is 1.25 bits per heavy atom. The van der Waals surface area contributed by atoms with Crippen LogP contribution in [0, 0.1) is 5.92 Å². The molecule has 1 heterocycles. The van der Waals surface area contributed by atoms with Gasteiger partial charge in [0.15, 0.2) is 0 Å². The summed E-state index contributed by atoms with van der Waals surface area (Å²) >= 11 is 0. The van der Waals surface area contributed by atoms with Crippen LogP contribution in [0.4, 0.5) is 0 Å². The Balaban J connectivity index is 1.64. The minimum absolute atomic E-state index is 0.0160. The molecular formula is C19H27N3O2. The number of nitrogens with one attached hydrogen (secondary N) is 2. The van der Waals surface area contributed by atoms with Gasteiger partial charge in [0.25, 0.3) is 0 Å². The van der Waals surface area contributed by atoms with E-state index in [1.807, 2.05) is 30.3 Å². The summed E-state index contributed by atoms with van der Waals surface area (Å²) in [5.74, 6) is 0.116. The first kappa shape index (κ1) is 18.2. The lowest BCUT2D eigenvalue weighted by Gasteiger charge is -2.31. The molecule has 1 aromatic rings. The summed E-state index contributed by atoms with van der Waals surface area (Å²) in [5.41, 5.74) is 0.954. The normalized spacial score (nSPS) is 18.5. The second-order valence-electron chi connectivity index (χ2n) is 6.17.